The third kappa shape index (κ3) is 5.58. The molecule has 1 heterocycles. The van der Waals surface area contributed by atoms with Crippen LogP contribution < -0.4 is 10.6 Å². The molecule has 4 aromatic rings. The van der Waals surface area contributed by atoms with Crippen LogP contribution in [0.15, 0.2) is 66.7 Å². The van der Waals surface area contributed by atoms with E-state index in [9.17, 15) is 14.0 Å². The molecule has 1 aromatic heterocycles. The summed E-state index contributed by atoms with van der Waals surface area (Å²) in [5, 5.41) is 6.61. The summed E-state index contributed by atoms with van der Waals surface area (Å²) in [7, 11) is 1.57. The molecule has 4 rings (SSSR count). The van der Waals surface area contributed by atoms with E-state index >= 15 is 0 Å². The van der Waals surface area contributed by atoms with Crippen LogP contribution in [0.25, 0.3) is 10.9 Å². The summed E-state index contributed by atoms with van der Waals surface area (Å²) in [4.78, 5) is 25.7. The van der Waals surface area contributed by atoms with Crippen LogP contribution in [0.3, 0.4) is 0 Å². The van der Waals surface area contributed by atoms with Crippen molar-refractivity contribution >= 4 is 28.4 Å². The van der Waals surface area contributed by atoms with Gasteiger partial charge in [0.1, 0.15) is 11.5 Å². The van der Waals surface area contributed by atoms with E-state index in [0.717, 1.165) is 27.6 Å². The summed E-state index contributed by atoms with van der Waals surface area (Å²) >= 11 is 0. The van der Waals surface area contributed by atoms with Crippen LogP contribution in [-0.4, -0.2) is 36.6 Å². The van der Waals surface area contributed by atoms with E-state index in [1.54, 1.807) is 31.4 Å². The van der Waals surface area contributed by atoms with Crippen molar-refractivity contribution in [2.24, 2.45) is 0 Å². The second-order valence-electron chi connectivity index (χ2n) is 8.52. The zero-order valence-electron chi connectivity index (χ0n) is 20.0. The number of methoxy groups -OCH3 is 1. The van der Waals surface area contributed by atoms with Crippen LogP contribution in [0, 0.1) is 19.7 Å². The van der Waals surface area contributed by atoms with E-state index in [4.69, 9.17) is 4.74 Å². The molecule has 0 saturated carbocycles. The van der Waals surface area contributed by atoms with Gasteiger partial charge in [-0.2, -0.15) is 0 Å². The van der Waals surface area contributed by atoms with E-state index < -0.39 is 0 Å². The number of rotatable bonds is 8. The lowest BCUT2D eigenvalue weighted by molar-refractivity contribution is 0.0928. The standard InChI is InChI=1S/C28H28FN3O3/c1-18-4-7-21(14-19(18)2)27(33)31-24-10-11-25-22(15-24)16-26(28(34)30-12-13-35-3)32(25)17-20-5-8-23(29)9-6-20/h4-11,14-16H,12-13,17H2,1-3H3,(H,30,34)(H,31,33). The number of anilines is 1. The van der Waals surface area contributed by atoms with Crippen LogP contribution >= 0.6 is 0 Å². The summed E-state index contributed by atoms with van der Waals surface area (Å²) in [6.45, 7) is 5.15. The predicted molar refractivity (Wildman–Crippen MR) is 136 cm³/mol. The number of aryl methyl sites for hydroxylation is 2. The largest absolute Gasteiger partial charge is 0.383 e. The van der Waals surface area contributed by atoms with Gasteiger partial charge in [0.25, 0.3) is 11.8 Å². The van der Waals surface area contributed by atoms with Crippen molar-refractivity contribution < 1.29 is 18.7 Å². The van der Waals surface area contributed by atoms with Gasteiger partial charge >= 0.3 is 0 Å². The number of nitrogens with one attached hydrogen (secondary N) is 2. The Kier molecular flexibility index (Phi) is 7.27. The lowest BCUT2D eigenvalue weighted by Gasteiger charge is -2.12. The lowest BCUT2D eigenvalue weighted by atomic mass is 10.1. The van der Waals surface area contributed by atoms with Gasteiger partial charge in [0.15, 0.2) is 0 Å². The minimum atomic E-state index is -0.312. The molecule has 0 radical (unpaired) electrons. The van der Waals surface area contributed by atoms with Gasteiger partial charge < -0.3 is 19.9 Å². The summed E-state index contributed by atoms with van der Waals surface area (Å²) in [5.74, 6) is -0.746. The Morgan fingerprint density at radius 1 is 0.914 bits per heavy atom. The highest BCUT2D eigenvalue weighted by molar-refractivity contribution is 6.06. The van der Waals surface area contributed by atoms with Crippen molar-refractivity contribution in [1.29, 1.82) is 0 Å². The first-order valence-electron chi connectivity index (χ1n) is 11.4. The number of benzene rings is 3. The van der Waals surface area contributed by atoms with E-state index in [1.165, 1.54) is 12.1 Å². The molecule has 0 fully saturated rings. The molecule has 180 valence electrons. The third-order valence-corrected chi connectivity index (χ3v) is 6.01. The van der Waals surface area contributed by atoms with Crippen molar-refractivity contribution in [3.05, 3.63) is 100 Å². The van der Waals surface area contributed by atoms with E-state index in [2.05, 4.69) is 10.6 Å². The molecule has 0 aliphatic carbocycles. The molecule has 0 atom stereocenters. The number of hydrogen-bond donors (Lipinski definition) is 2. The number of hydrogen-bond acceptors (Lipinski definition) is 3. The summed E-state index contributed by atoms with van der Waals surface area (Å²) in [6.07, 6.45) is 0. The topological polar surface area (TPSA) is 72.4 Å². The molecule has 0 aliphatic heterocycles. The van der Waals surface area contributed by atoms with Crippen molar-refractivity contribution in [3.8, 4) is 0 Å². The first-order chi connectivity index (χ1) is 16.9. The monoisotopic (exact) mass is 473 g/mol. The molecule has 0 spiro atoms. The average Bonchev–Trinajstić information content (AvgIpc) is 3.20. The third-order valence-electron chi connectivity index (χ3n) is 6.01. The number of amides is 2. The Morgan fingerprint density at radius 2 is 1.69 bits per heavy atom. The Hall–Kier alpha value is -3.97. The Labute approximate surface area is 203 Å². The van der Waals surface area contributed by atoms with Gasteiger partial charge in [-0.25, -0.2) is 4.39 Å². The Morgan fingerprint density at radius 3 is 2.40 bits per heavy atom. The van der Waals surface area contributed by atoms with Crippen molar-refractivity contribution in [2.45, 2.75) is 20.4 Å². The minimum Gasteiger partial charge on any atom is -0.383 e. The number of aromatic nitrogens is 1. The van der Waals surface area contributed by atoms with Crippen LogP contribution in [0.4, 0.5) is 10.1 Å². The van der Waals surface area contributed by atoms with Crippen LogP contribution in [-0.2, 0) is 11.3 Å². The zero-order chi connectivity index (χ0) is 24.9. The fraction of sp³-hybridized carbons (Fsp3) is 0.214. The summed E-state index contributed by atoms with van der Waals surface area (Å²) < 4.78 is 20.3. The van der Waals surface area contributed by atoms with Crippen molar-refractivity contribution in [2.75, 3.05) is 25.6 Å². The van der Waals surface area contributed by atoms with Crippen LogP contribution in [0.2, 0.25) is 0 Å². The fourth-order valence-electron chi connectivity index (χ4n) is 3.92. The number of carbonyl (C=O) groups excluding carboxylic acids is 2. The highest BCUT2D eigenvalue weighted by Crippen LogP contribution is 2.25. The second kappa shape index (κ2) is 10.5. The molecule has 0 aliphatic rings. The maximum atomic E-state index is 13.4. The molecular formula is C28H28FN3O3. The maximum absolute atomic E-state index is 13.4. The van der Waals surface area contributed by atoms with Gasteiger partial charge in [0, 0.05) is 42.4 Å². The Bertz CT molecular complexity index is 1380. The lowest BCUT2D eigenvalue weighted by Crippen LogP contribution is -2.29. The number of ether oxygens (including phenoxy) is 1. The van der Waals surface area contributed by atoms with Gasteiger partial charge in [-0.05, 0) is 79.1 Å². The predicted octanol–water partition coefficient (Wildman–Crippen LogP) is 5.07. The zero-order valence-corrected chi connectivity index (χ0v) is 20.0. The van der Waals surface area contributed by atoms with Gasteiger partial charge in [-0.15, -0.1) is 0 Å². The highest BCUT2D eigenvalue weighted by atomic mass is 19.1. The quantitative estimate of drug-likeness (QED) is 0.351. The van der Waals surface area contributed by atoms with Gasteiger partial charge in [0.2, 0.25) is 0 Å². The van der Waals surface area contributed by atoms with E-state index in [1.807, 2.05) is 48.7 Å². The second-order valence-corrected chi connectivity index (χ2v) is 8.52. The molecular weight excluding hydrogens is 445 g/mol. The van der Waals surface area contributed by atoms with Crippen LogP contribution in [0.5, 0.6) is 0 Å². The number of nitrogens with zero attached hydrogens (tertiary/aromatic N) is 1. The molecule has 0 bridgehead atoms. The number of halogens is 1. The Balaban J connectivity index is 1.65. The molecule has 2 amide bonds. The molecule has 2 N–H and O–H groups in total. The first-order valence-corrected chi connectivity index (χ1v) is 11.4. The van der Waals surface area contributed by atoms with Gasteiger partial charge in [-0.3, -0.25) is 9.59 Å². The van der Waals surface area contributed by atoms with E-state index in [0.29, 0.717) is 36.6 Å². The minimum absolute atomic E-state index is 0.198. The SMILES string of the molecule is COCCNC(=O)c1cc2cc(NC(=O)c3ccc(C)c(C)c3)ccc2n1Cc1ccc(F)cc1. The highest BCUT2D eigenvalue weighted by Gasteiger charge is 2.17. The van der Waals surface area contributed by atoms with Crippen molar-refractivity contribution in [3.63, 3.8) is 0 Å². The molecule has 6 nitrogen and oxygen atoms in total. The van der Waals surface area contributed by atoms with E-state index in [-0.39, 0.29) is 17.6 Å². The average molecular weight is 474 g/mol. The number of carbonyl (C=O) groups is 2. The molecule has 0 unspecified atom stereocenters. The molecule has 35 heavy (non-hydrogen) atoms. The van der Waals surface area contributed by atoms with Gasteiger partial charge in [0.05, 0.1) is 6.61 Å². The normalized spacial score (nSPS) is 11.0. The molecule has 7 heteroatoms. The summed E-state index contributed by atoms with van der Waals surface area (Å²) in [5.41, 5.74) is 5.55. The first kappa shape index (κ1) is 24.2. The van der Waals surface area contributed by atoms with Gasteiger partial charge in [-0.1, -0.05) is 18.2 Å². The fourth-order valence-corrected chi connectivity index (χ4v) is 3.92. The van der Waals surface area contributed by atoms with Crippen LogP contribution in [0.1, 0.15) is 37.5 Å². The number of fused-ring (bicyclic) bond motifs is 1. The maximum Gasteiger partial charge on any atom is 0.268 e. The molecule has 3 aromatic carbocycles. The smallest absolute Gasteiger partial charge is 0.268 e. The molecule has 0 saturated heterocycles. The summed E-state index contributed by atoms with van der Waals surface area (Å²) in [6, 6.07) is 19.1. The van der Waals surface area contributed by atoms with Crippen molar-refractivity contribution in [1.82, 2.24) is 9.88 Å².